The second-order valence-corrected chi connectivity index (χ2v) is 7.07. The van der Waals surface area contributed by atoms with E-state index in [2.05, 4.69) is 9.97 Å². The van der Waals surface area contributed by atoms with E-state index in [9.17, 15) is 15.3 Å². The maximum atomic E-state index is 10.5. The molecule has 4 atom stereocenters. The lowest BCUT2D eigenvalue weighted by molar-refractivity contribution is -0.0487. The van der Waals surface area contributed by atoms with Crippen molar-refractivity contribution in [3.05, 3.63) is 36.4 Å². The van der Waals surface area contributed by atoms with Crippen molar-refractivity contribution in [3.63, 3.8) is 0 Å². The van der Waals surface area contributed by atoms with Crippen molar-refractivity contribution >= 4 is 32.6 Å². The zero-order valence-electron chi connectivity index (χ0n) is 13.4. The van der Waals surface area contributed by atoms with Crippen LogP contribution in [0.15, 0.2) is 40.8 Å². The van der Waals surface area contributed by atoms with E-state index in [0.29, 0.717) is 5.65 Å². The van der Waals surface area contributed by atoms with E-state index in [1.807, 2.05) is 17.5 Å². The smallest absolute Gasteiger partial charge is 0.165 e. The van der Waals surface area contributed by atoms with Gasteiger partial charge in [-0.1, -0.05) is 0 Å². The van der Waals surface area contributed by atoms with Crippen LogP contribution in [0.5, 0.6) is 0 Å². The van der Waals surface area contributed by atoms with Gasteiger partial charge in [0.05, 0.1) is 30.2 Å². The molecule has 0 aromatic carbocycles. The Labute approximate surface area is 150 Å². The van der Waals surface area contributed by atoms with Crippen LogP contribution in [0.25, 0.3) is 32.5 Å². The van der Waals surface area contributed by atoms with Crippen LogP contribution in [0.1, 0.15) is 6.23 Å². The summed E-state index contributed by atoms with van der Waals surface area (Å²) in [6, 6.07) is 3.79. The first-order valence-electron chi connectivity index (χ1n) is 8.08. The highest BCUT2D eigenvalue weighted by Crippen LogP contribution is 2.41. The lowest BCUT2D eigenvalue weighted by Crippen LogP contribution is -2.33. The average Bonchev–Trinajstić information content (AvgIpc) is 3.41. The monoisotopic (exact) mass is 373 g/mol. The second-order valence-electron chi connectivity index (χ2n) is 6.17. The average molecular weight is 373 g/mol. The predicted molar refractivity (Wildman–Crippen MR) is 93.6 cm³/mol. The summed E-state index contributed by atoms with van der Waals surface area (Å²) < 4.78 is 12.7. The molecule has 4 aromatic rings. The molecule has 1 aliphatic heterocycles. The van der Waals surface area contributed by atoms with Gasteiger partial charge >= 0.3 is 0 Å². The van der Waals surface area contributed by atoms with Crippen LogP contribution in [-0.2, 0) is 4.74 Å². The van der Waals surface area contributed by atoms with Crippen LogP contribution in [0.3, 0.4) is 0 Å². The highest BCUT2D eigenvalue weighted by molar-refractivity contribution is 7.17. The molecular weight excluding hydrogens is 358 g/mol. The van der Waals surface area contributed by atoms with Crippen LogP contribution in [0.2, 0.25) is 0 Å². The van der Waals surface area contributed by atoms with Crippen molar-refractivity contribution < 1.29 is 24.5 Å². The van der Waals surface area contributed by atoms with Crippen molar-refractivity contribution in [1.29, 1.82) is 0 Å². The molecule has 0 amide bonds. The van der Waals surface area contributed by atoms with Crippen LogP contribution in [0.4, 0.5) is 0 Å². The van der Waals surface area contributed by atoms with Crippen molar-refractivity contribution in [1.82, 2.24) is 14.5 Å². The number of ether oxygens (including phenoxy) is 1. The van der Waals surface area contributed by atoms with Gasteiger partial charge in [-0.05, 0) is 17.5 Å². The summed E-state index contributed by atoms with van der Waals surface area (Å²) >= 11 is 1.48. The lowest BCUT2D eigenvalue weighted by atomic mass is 10.1. The van der Waals surface area contributed by atoms with Gasteiger partial charge in [0.15, 0.2) is 6.23 Å². The Morgan fingerprint density at radius 3 is 2.81 bits per heavy atom. The fraction of sp³-hybridized carbons (Fsp3) is 0.294. The van der Waals surface area contributed by atoms with Gasteiger partial charge in [0.1, 0.15) is 35.1 Å². The van der Waals surface area contributed by atoms with Crippen molar-refractivity contribution in [2.45, 2.75) is 24.5 Å². The fourth-order valence-electron chi connectivity index (χ4n) is 3.53. The summed E-state index contributed by atoms with van der Waals surface area (Å²) in [5.74, 6) is 0. The third kappa shape index (κ3) is 2.09. The molecule has 0 aliphatic carbocycles. The Balaban J connectivity index is 1.78. The first-order chi connectivity index (χ1) is 12.7. The van der Waals surface area contributed by atoms with Gasteiger partial charge in [-0.25, -0.2) is 9.97 Å². The Hall–Kier alpha value is -2.30. The van der Waals surface area contributed by atoms with Gasteiger partial charge in [0, 0.05) is 10.9 Å². The lowest BCUT2D eigenvalue weighted by Gasteiger charge is -2.18. The van der Waals surface area contributed by atoms with Gasteiger partial charge in [-0.2, -0.15) is 0 Å². The Morgan fingerprint density at radius 2 is 2.08 bits per heavy atom. The molecule has 0 radical (unpaired) electrons. The first-order valence-corrected chi connectivity index (χ1v) is 8.95. The molecule has 4 aromatic heterocycles. The Morgan fingerprint density at radius 1 is 1.19 bits per heavy atom. The minimum Gasteiger partial charge on any atom is -0.472 e. The number of thiophene rings is 1. The molecule has 0 bridgehead atoms. The molecule has 9 heteroatoms. The van der Waals surface area contributed by atoms with Gasteiger partial charge in [0.2, 0.25) is 0 Å². The molecule has 5 rings (SSSR count). The quantitative estimate of drug-likeness (QED) is 0.499. The molecule has 0 spiro atoms. The van der Waals surface area contributed by atoms with Gasteiger partial charge in [-0.15, -0.1) is 11.3 Å². The number of aliphatic hydroxyl groups excluding tert-OH is 3. The molecule has 8 nitrogen and oxygen atoms in total. The number of nitrogens with zero attached hydrogens (tertiary/aromatic N) is 3. The van der Waals surface area contributed by atoms with E-state index in [4.69, 9.17) is 9.15 Å². The Bertz CT molecular complexity index is 1070. The summed E-state index contributed by atoms with van der Waals surface area (Å²) in [5, 5.41) is 33.7. The van der Waals surface area contributed by atoms with Crippen LogP contribution >= 0.6 is 11.3 Å². The highest BCUT2D eigenvalue weighted by Gasteiger charge is 2.44. The molecule has 1 fully saturated rings. The minimum absolute atomic E-state index is 0.378. The van der Waals surface area contributed by atoms with E-state index < -0.39 is 24.5 Å². The Kier molecular flexibility index (Phi) is 3.59. The maximum absolute atomic E-state index is 10.5. The van der Waals surface area contributed by atoms with E-state index in [0.717, 1.165) is 26.9 Å². The van der Waals surface area contributed by atoms with Gasteiger partial charge in [0.25, 0.3) is 0 Å². The second kappa shape index (κ2) is 5.86. The third-order valence-corrected chi connectivity index (χ3v) is 5.67. The molecule has 0 saturated carbocycles. The van der Waals surface area contributed by atoms with Crippen LogP contribution < -0.4 is 0 Å². The molecule has 5 heterocycles. The molecule has 0 unspecified atom stereocenters. The number of aromatic nitrogens is 3. The van der Waals surface area contributed by atoms with Gasteiger partial charge in [-0.3, -0.25) is 4.57 Å². The van der Waals surface area contributed by atoms with E-state index in [-0.39, 0.29) is 6.61 Å². The van der Waals surface area contributed by atoms with Crippen molar-refractivity contribution in [2.24, 2.45) is 0 Å². The minimum atomic E-state index is -1.18. The molecule has 26 heavy (non-hydrogen) atoms. The number of hydrogen-bond acceptors (Lipinski definition) is 8. The number of rotatable bonds is 3. The topological polar surface area (TPSA) is 114 Å². The normalized spacial score (nSPS) is 26.3. The molecule has 1 saturated heterocycles. The van der Waals surface area contributed by atoms with Gasteiger partial charge < -0.3 is 24.5 Å². The summed E-state index contributed by atoms with van der Waals surface area (Å²) in [6.07, 6.45) is 0.589. The van der Waals surface area contributed by atoms with E-state index >= 15 is 0 Å². The molecule has 134 valence electrons. The first kappa shape index (κ1) is 15.9. The van der Waals surface area contributed by atoms with Crippen molar-refractivity contribution in [2.75, 3.05) is 6.61 Å². The fourth-order valence-corrected chi connectivity index (χ4v) is 4.46. The number of hydrogen-bond donors (Lipinski definition) is 3. The van der Waals surface area contributed by atoms with E-state index in [1.54, 1.807) is 17.1 Å². The summed E-state index contributed by atoms with van der Waals surface area (Å²) in [5.41, 5.74) is 2.13. The zero-order chi connectivity index (χ0) is 17.8. The predicted octanol–water partition coefficient (Wildman–Crippen LogP) is 1.52. The summed E-state index contributed by atoms with van der Waals surface area (Å²) in [4.78, 5) is 9.67. The van der Waals surface area contributed by atoms with Crippen molar-refractivity contribution in [3.8, 4) is 11.3 Å². The highest BCUT2D eigenvalue weighted by atomic mass is 32.1. The summed E-state index contributed by atoms with van der Waals surface area (Å²) in [6.45, 7) is -0.378. The maximum Gasteiger partial charge on any atom is 0.165 e. The van der Waals surface area contributed by atoms with Crippen LogP contribution in [0, 0.1) is 0 Å². The standard InChI is InChI=1S/C17H15N3O5S/c21-5-10-13(22)14(23)16(25-10)20-15-11(9-2-4-26-17(9)20)12(18-7-19-15)8-1-3-24-6-8/h1-4,6-7,10,13-14,16,21-23H,5H2/t10-,13-,14-,16-/m1/s1. The molecule has 1 aliphatic rings. The number of furan rings is 1. The SMILES string of the molecule is OC[C@H]1O[C@@H](n2c3ncnc(-c4ccoc4)c3c3ccsc32)[C@H](O)[C@@H]1O. The third-order valence-electron chi connectivity index (χ3n) is 4.75. The number of fused-ring (bicyclic) bond motifs is 3. The molecular formula is C17H15N3O5S. The van der Waals surface area contributed by atoms with E-state index in [1.165, 1.54) is 17.7 Å². The summed E-state index contributed by atoms with van der Waals surface area (Å²) in [7, 11) is 0. The largest absolute Gasteiger partial charge is 0.472 e. The zero-order valence-corrected chi connectivity index (χ0v) is 14.2. The number of aliphatic hydroxyl groups is 3. The van der Waals surface area contributed by atoms with Crippen LogP contribution in [-0.4, -0.2) is 54.8 Å². The molecule has 3 N–H and O–H groups in total.